The summed E-state index contributed by atoms with van der Waals surface area (Å²) in [6, 6.07) is 8.06. The van der Waals surface area contributed by atoms with Gasteiger partial charge in [0, 0.05) is 36.4 Å². The molecule has 9 nitrogen and oxygen atoms in total. The van der Waals surface area contributed by atoms with Crippen LogP contribution in [0, 0.1) is 18.3 Å². The van der Waals surface area contributed by atoms with Gasteiger partial charge in [0.05, 0.1) is 5.52 Å². The molecule has 0 radical (unpaired) electrons. The highest BCUT2D eigenvalue weighted by Gasteiger charge is 2.24. The molecular weight excluding hydrogens is 344 g/mol. The minimum Gasteiger partial charge on any atom is -0.369 e. The van der Waals surface area contributed by atoms with Gasteiger partial charge >= 0.3 is 0 Å². The number of carbonyl (C=O) groups excluding carboxylic acids is 1. The number of hydrogen-bond donors (Lipinski definition) is 1. The smallest absolute Gasteiger partial charge is 0.252 e. The summed E-state index contributed by atoms with van der Waals surface area (Å²) in [6.45, 7) is 3.53. The van der Waals surface area contributed by atoms with Crippen molar-refractivity contribution in [2.75, 3.05) is 18.0 Å². The van der Waals surface area contributed by atoms with Crippen molar-refractivity contribution in [1.29, 1.82) is 5.26 Å². The van der Waals surface area contributed by atoms with E-state index >= 15 is 0 Å². The van der Waals surface area contributed by atoms with Gasteiger partial charge in [0.2, 0.25) is 5.91 Å². The van der Waals surface area contributed by atoms with E-state index in [0.717, 1.165) is 41.9 Å². The molecule has 3 heterocycles. The van der Waals surface area contributed by atoms with Crippen LogP contribution in [0.25, 0.3) is 10.9 Å². The van der Waals surface area contributed by atoms with Gasteiger partial charge in [-0.1, -0.05) is 0 Å². The van der Waals surface area contributed by atoms with Crippen LogP contribution in [0.3, 0.4) is 0 Å². The molecule has 2 aromatic heterocycles. The van der Waals surface area contributed by atoms with Crippen LogP contribution in [-0.4, -0.2) is 49.8 Å². The second-order valence-electron chi connectivity index (χ2n) is 6.54. The number of aromatic nitrogens is 5. The molecule has 0 saturated carbocycles. The summed E-state index contributed by atoms with van der Waals surface area (Å²) in [5.41, 5.74) is 2.01. The molecule has 1 saturated heterocycles. The Morgan fingerprint density at radius 3 is 3.11 bits per heavy atom. The maximum absolute atomic E-state index is 12.2. The van der Waals surface area contributed by atoms with Crippen molar-refractivity contribution < 1.29 is 4.79 Å². The number of aryl methyl sites for hydroxylation is 1. The Labute approximate surface area is 155 Å². The van der Waals surface area contributed by atoms with E-state index in [0.29, 0.717) is 0 Å². The molecular formula is C18H18N8O. The van der Waals surface area contributed by atoms with Crippen molar-refractivity contribution in [1.82, 2.24) is 30.0 Å². The van der Waals surface area contributed by atoms with Crippen LogP contribution in [0.15, 0.2) is 30.7 Å². The number of anilines is 1. The van der Waals surface area contributed by atoms with Crippen LogP contribution >= 0.6 is 0 Å². The standard InChI is InChI=1S/C18H18N8O/c1-12-20-8-13-2-3-15(6-16(13)22-12)25-5-4-14(9-25)23-18(27)10-26-11-21-17(7-19)24-26/h2-3,6,8,11,14H,4-5,9-10H2,1H3,(H,23,27)/t14-/m0/s1. The van der Waals surface area contributed by atoms with E-state index < -0.39 is 0 Å². The van der Waals surface area contributed by atoms with Crippen molar-refractivity contribution in [2.24, 2.45) is 0 Å². The Morgan fingerprint density at radius 2 is 2.30 bits per heavy atom. The van der Waals surface area contributed by atoms with Crippen LogP contribution in [0.2, 0.25) is 0 Å². The Bertz CT molecular complexity index is 1040. The fourth-order valence-corrected chi connectivity index (χ4v) is 3.26. The lowest BCUT2D eigenvalue weighted by Crippen LogP contribution is -2.39. The van der Waals surface area contributed by atoms with Crippen molar-refractivity contribution in [3.05, 3.63) is 42.4 Å². The molecule has 0 aliphatic carbocycles. The zero-order valence-electron chi connectivity index (χ0n) is 14.8. The van der Waals surface area contributed by atoms with E-state index in [2.05, 4.69) is 42.4 Å². The molecule has 1 fully saturated rings. The Hall–Kier alpha value is -3.54. The molecule has 1 aliphatic rings. The third-order valence-electron chi connectivity index (χ3n) is 4.55. The largest absolute Gasteiger partial charge is 0.369 e. The lowest BCUT2D eigenvalue weighted by molar-refractivity contribution is -0.122. The van der Waals surface area contributed by atoms with Crippen LogP contribution < -0.4 is 10.2 Å². The average Bonchev–Trinajstić information content (AvgIpc) is 3.30. The number of nitriles is 1. The minimum absolute atomic E-state index is 0.0529. The summed E-state index contributed by atoms with van der Waals surface area (Å²) in [6.07, 6.45) is 4.09. The quantitative estimate of drug-likeness (QED) is 0.730. The number of carbonyl (C=O) groups is 1. The first-order valence-corrected chi connectivity index (χ1v) is 8.68. The Morgan fingerprint density at radius 1 is 1.41 bits per heavy atom. The highest BCUT2D eigenvalue weighted by Crippen LogP contribution is 2.24. The summed E-state index contributed by atoms with van der Waals surface area (Å²) < 4.78 is 1.37. The SMILES string of the molecule is Cc1ncc2ccc(N3CC[C@H](NC(=O)Cn4cnc(C#N)n4)C3)cc2n1. The number of hydrogen-bond acceptors (Lipinski definition) is 7. The fraction of sp³-hybridized carbons (Fsp3) is 0.333. The molecule has 0 bridgehead atoms. The van der Waals surface area contributed by atoms with Gasteiger partial charge in [-0.05, 0) is 31.5 Å². The predicted molar refractivity (Wildman–Crippen MR) is 97.8 cm³/mol. The normalized spacial score (nSPS) is 16.4. The van der Waals surface area contributed by atoms with Crippen molar-refractivity contribution in [2.45, 2.75) is 25.9 Å². The predicted octanol–water partition coefficient (Wildman–Crippen LogP) is 0.796. The summed E-state index contributed by atoms with van der Waals surface area (Å²) in [7, 11) is 0. The number of amides is 1. The maximum atomic E-state index is 12.2. The third-order valence-corrected chi connectivity index (χ3v) is 4.55. The summed E-state index contributed by atoms with van der Waals surface area (Å²) in [5, 5.41) is 16.7. The van der Waals surface area contributed by atoms with Gasteiger partial charge in [0.15, 0.2) is 0 Å². The zero-order chi connectivity index (χ0) is 18.8. The number of fused-ring (bicyclic) bond motifs is 1. The van der Waals surface area contributed by atoms with Crippen LogP contribution in [-0.2, 0) is 11.3 Å². The summed E-state index contributed by atoms with van der Waals surface area (Å²) >= 11 is 0. The second kappa shape index (κ2) is 6.99. The zero-order valence-corrected chi connectivity index (χ0v) is 14.8. The Balaban J connectivity index is 1.38. The number of benzene rings is 1. The van der Waals surface area contributed by atoms with Gasteiger partial charge in [0.1, 0.15) is 24.8 Å². The minimum atomic E-state index is -0.141. The first-order chi connectivity index (χ1) is 13.1. The van der Waals surface area contributed by atoms with Crippen molar-refractivity contribution in [3.63, 3.8) is 0 Å². The first-order valence-electron chi connectivity index (χ1n) is 8.68. The van der Waals surface area contributed by atoms with Crippen LogP contribution in [0.5, 0.6) is 0 Å². The molecule has 0 spiro atoms. The number of nitrogens with zero attached hydrogens (tertiary/aromatic N) is 7. The molecule has 27 heavy (non-hydrogen) atoms. The van der Waals surface area contributed by atoms with Gasteiger partial charge in [-0.3, -0.25) is 4.79 Å². The molecule has 1 aliphatic heterocycles. The fourth-order valence-electron chi connectivity index (χ4n) is 3.26. The molecule has 1 aromatic carbocycles. The van der Waals surface area contributed by atoms with Gasteiger partial charge < -0.3 is 10.2 Å². The van der Waals surface area contributed by atoms with Gasteiger partial charge in [-0.15, -0.1) is 5.10 Å². The molecule has 4 rings (SSSR count). The van der Waals surface area contributed by atoms with E-state index in [-0.39, 0.29) is 24.3 Å². The molecule has 1 amide bonds. The topological polar surface area (TPSA) is 113 Å². The monoisotopic (exact) mass is 362 g/mol. The Kier molecular flexibility index (Phi) is 4.38. The van der Waals surface area contributed by atoms with E-state index in [1.807, 2.05) is 25.3 Å². The van der Waals surface area contributed by atoms with Crippen molar-refractivity contribution >= 4 is 22.5 Å². The van der Waals surface area contributed by atoms with E-state index in [1.165, 1.54) is 11.0 Å². The van der Waals surface area contributed by atoms with Gasteiger partial charge in [-0.25, -0.2) is 19.6 Å². The lowest BCUT2D eigenvalue weighted by Gasteiger charge is -2.19. The van der Waals surface area contributed by atoms with Gasteiger partial charge in [0.25, 0.3) is 5.82 Å². The van der Waals surface area contributed by atoms with Crippen LogP contribution in [0.4, 0.5) is 5.69 Å². The first kappa shape index (κ1) is 16.9. The van der Waals surface area contributed by atoms with E-state index in [4.69, 9.17) is 5.26 Å². The third kappa shape index (κ3) is 3.69. The number of rotatable bonds is 4. The molecule has 0 unspecified atom stereocenters. The molecule has 3 aromatic rings. The molecule has 1 atom stereocenters. The summed E-state index contributed by atoms with van der Waals surface area (Å²) in [5.74, 6) is 0.669. The molecule has 1 N–H and O–H groups in total. The van der Waals surface area contributed by atoms with Crippen LogP contribution in [0.1, 0.15) is 18.1 Å². The summed E-state index contributed by atoms with van der Waals surface area (Å²) in [4.78, 5) is 26.9. The van der Waals surface area contributed by atoms with Crippen molar-refractivity contribution in [3.8, 4) is 6.07 Å². The molecule has 9 heteroatoms. The van der Waals surface area contributed by atoms with E-state index in [1.54, 1.807) is 0 Å². The van der Waals surface area contributed by atoms with E-state index in [9.17, 15) is 4.79 Å². The van der Waals surface area contributed by atoms with Gasteiger partial charge in [-0.2, -0.15) is 5.26 Å². The average molecular weight is 362 g/mol. The highest BCUT2D eigenvalue weighted by atomic mass is 16.2. The maximum Gasteiger partial charge on any atom is 0.252 e. The molecule has 136 valence electrons. The lowest BCUT2D eigenvalue weighted by atomic mass is 10.2. The second-order valence-corrected chi connectivity index (χ2v) is 6.54. The highest BCUT2D eigenvalue weighted by molar-refractivity contribution is 5.82. The number of nitrogens with one attached hydrogen (secondary N) is 1.